The molecular formula is C14H26O. The van der Waals surface area contributed by atoms with E-state index in [2.05, 4.69) is 13.8 Å². The highest BCUT2D eigenvalue weighted by atomic mass is 16.3. The third-order valence-corrected chi connectivity index (χ3v) is 4.33. The maximum atomic E-state index is 10.6. The van der Waals surface area contributed by atoms with Gasteiger partial charge in [-0.05, 0) is 62.7 Å². The Morgan fingerprint density at radius 1 is 1.20 bits per heavy atom. The molecular weight excluding hydrogens is 184 g/mol. The molecule has 0 aromatic heterocycles. The monoisotopic (exact) mass is 210 g/mol. The predicted octanol–water partition coefficient (Wildman–Crippen LogP) is 3.75. The molecule has 1 heteroatoms. The molecule has 2 aliphatic rings. The SMILES string of the molecule is CC(C)CCC1(O)CCCC(C2CC2)C1. The predicted molar refractivity (Wildman–Crippen MR) is 63.7 cm³/mol. The van der Waals surface area contributed by atoms with Gasteiger partial charge in [0, 0.05) is 0 Å². The lowest BCUT2D eigenvalue weighted by Crippen LogP contribution is -2.36. The molecule has 1 N–H and O–H groups in total. The van der Waals surface area contributed by atoms with Crippen LogP contribution in [0.15, 0.2) is 0 Å². The number of hydrogen-bond acceptors (Lipinski definition) is 1. The van der Waals surface area contributed by atoms with E-state index >= 15 is 0 Å². The summed E-state index contributed by atoms with van der Waals surface area (Å²) in [5.41, 5.74) is -0.296. The van der Waals surface area contributed by atoms with Gasteiger partial charge < -0.3 is 5.11 Å². The highest BCUT2D eigenvalue weighted by molar-refractivity contribution is 4.92. The van der Waals surface area contributed by atoms with Gasteiger partial charge in [0.1, 0.15) is 0 Å². The maximum absolute atomic E-state index is 10.6. The van der Waals surface area contributed by atoms with Crippen LogP contribution in [-0.4, -0.2) is 10.7 Å². The Balaban J connectivity index is 1.83. The molecule has 88 valence electrons. The molecule has 0 bridgehead atoms. The van der Waals surface area contributed by atoms with E-state index in [1.54, 1.807) is 0 Å². The van der Waals surface area contributed by atoms with Crippen LogP contribution >= 0.6 is 0 Å². The van der Waals surface area contributed by atoms with Crippen molar-refractivity contribution in [1.82, 2.24) is 0 Å². The van der Waals surface area contributed by atoms with Gasteiger partial charge in [-0.3, -0.25) is 0 Å². The van der Waals surface area contributed by atoms with Crippen molar-refractivity contribution in [2.45, 2.75) is 70.8 Å². The van der Waals surface area contributed by atoms with Crippen LogP contribution in [0.2, 0.25) is 0 Å². The van der Waals surface area contributed by atoms with Crippen LogP contribution in [0.4, 0.5) is 0 Å². The second kappa shape index (κ2) is 4.45. The minimum absolute atomic E-state index is 0.296. The molecule has 0 aromatic rings. The Labute approximate surface area is 94.3 Å². The van der Waals surface area contributed by atoms with Crippen LogP contribution in [0, 0.1) is 17.8 Å². The average Bonchev–Trinajstić information content (AvgIpc) is 2.98. The van der Waals surface area contributed by atoms with E-state index < -0.39 is 0 Å². The summed E-state index contributed by atoms with van der Waals surface area (Å²) < 4.78 is 0. The molecule has 2 atom stereocenters. The molecule has 1 nitrogen and oxygen atoms in total. The fourth-order valence-corrected chi connectivity index (χ4v) is 3.14. The van der Waals surface area contributed by atoms with Gasteiger partial charge in [0.05, 0.1) is 5.60 Å². The molecule has 0 heterocycles. The molecule has 2 aliphatic carbocycles. The highest BCUT2D eigenvalue weighted by Gasteiger charge is 2.40. The Morgan fingerprint density at radius 3 is 2.53 bits per heavy atom. The fourth-order valence-electron chi connectivity index (χ4n) is 3.14. The van der Waals surface area contributed by atoms with Gasteiger partial charge in [-0.25, -0.2) is 0 Å². The number of aliphatic hydroxyl groups is 1. The molecule has 15 heavy (non-hydrogen) atoms. The van der Waals surface area contributed by atoms with Gasteiger partial charge in [-0.1, -0.05) is 20.3 Å². The van der Waals surface area contributed by atoms with Crippen molar-refractivity contribution in [3.05, 3.63) is 0 Å². The van der Waals surface area contributed by atoms with E-state index in [0.717, 1.165) is 37.0 Å². The first-order valence-electron chi connectivity index (χ1n) is 6.81. The van der Waals surface area contributed by atoms with Crippen LogP contribution in [0.5, 0.6) is 0 Å². The molecule has 0 radical (unpaired) electrons. The largest absolute Gasteiger partial charge is 0.390 e. The van der Waals surface area contributed by atoms with E-state index in [1.807, 2.05) is 0 Å². The summed E-state index contributed by atoms with van der Waals surface area (Å²) in [4.78, 5) is 0. The van der Waals surface area contributed by atoms with Crippen molar-refractivity contribution < 1.29 is 5.11 Å². The van der Waals surface area contributed by atoms with Gasteiger partial charge in [0.15, 0.2) is 0 Å². The highest BCUT2D eigenvalue weighted by Crippen LogP contribution is 2.47. The molecule has 0 spiro atoms. The summed E-state index contributed by atoms with van der Waals surface area (Å²) in [6, 6.07) is 0. The Morgan fingerprint density at radius 2 is 1.93 bits per heavy atom. The topological polar surface area (TPSA) is 20.2 Å². The van der Waals surface area contributed by atoms with Crippen LogP contribution in [0.25, 0.3) is 0 Å². The van der Waals surface area contributed by atoms with Gasteiger partial charge in [-0.2, -0.15) is 0 Å². The normalized spacial score (nSPS) is 37.2. The Bertz CT molecular complexity index is 207. The van der Waals surface area contributed by atoms with Gasteiger partial charge >= 0.3 is 0 Å². The maximum Gasteiger partial charge on any atom is 0.0650 e. The lowest BCUT2D eigenvalue weighted by atomic mass is 9.73. The smallest absolute Gasteiger partial charge is 0.0650 e. The summed E-state index contributed by atoms with van der Waals surface area (Å²) in [7, 11) is 0. The summed E-state index contributed by atoms with van der Waals surface area (Å²) in [5.74, 6) is 2.57. The van der Waals surface area contributed by atoms with Crippen LogP contribution in [0.1, 0.15) is 65.2 Å². The number of hydrogen-bond donors (Lipinski definition) is 1. The van der Waals surface area contributed by atoms with Crippen molar-refractivity contribution in [3.63, 3.8) is 0 Å². The standard InChI is InChI=1S/C14H26O/c1-11(2)7-9-14(15)8-3-4-13(10-14)12-5-6-12/h11-13,15H,3-10H2,1-2H3. The second-order valence-corrected chi connectivity index (χ2v) is 6.35. The molecule has 2 saturated carbocycles. The molecule has 2 rings (SSSR count). The molecule has 2 unspecified atom stereocenters. The quantitative estimate of drug-likeness (QED) is 0.749. The van der Waals surface area contributed by atoms with Crippen LogP contribution < -0.4 is 0 Å². The lowest BCUT2D eigenvalue weighted by Gasteiger charge is -2.37. The average molecular weight is 210 g/mol. The van der Waals surface area contributed by atoms with Crippen molar-refractivity contribution in [1.29, 1.82) is 0 Å². The van der Waals surface area contributed by atoms with Crippen molar-refractivity contribution in [2.75, 3.05) is 0 Å². The first kappa shape index (κ1) is 11.4. The van der Waals surface area contributed by atoms with E-state index in [1.165, 1.54) is 32.1 Å². The lowest BCUT2D eigenvalue weighted by molar-refractivity contribution is -0.0305. The molecule has 0 aliphatic heterocycles. The van der Waals surface area contributed by atoms with Crippen molar-refractivity contribution >= 4 is 0 Å². The van der Waals surface area contributed by atoms with Crippen LogP contribution in [-0.2, 0) is 0 Å². The van der Waals surface area contributed by atoms with Crippen LogP contribution in [0.3, 0.4) is 0 Å². The first-order valence-corrected chi connectivity index (χ1v) is 6.81. The van der Waals surface area contributed by atoms with E-state index in [0.29, 0.717) is 0 Å². The second-order valence-electron chi connectivity index (χ2n) is 6.35. The third-order valence-electron chi connectivity index (χ3n) is 4.33. The zero-order valence-electron chi connectivity index (χ0n) is 10.3. The summed E-state index contributed by atoms with van der Waals surface area (Å²) >= 11 is 0. The number of rotatable bonds is 4. The van der Waals surface area contributed by atoms with Crippen molar-refractivity contribution in [2.24, 2.45) is 17.8 Å². The summed E-state index contributed by atoms with van der Waals surface area (Å²) in [6.45, 7) is 4.51. The zero-order valence-corrected chi connectivity index (χ0v) is 10.3. The molecule has 2 fully saturated rings. The van der Waals surface area contributed by atoms with E-state index in [9.17, 15) is 5.11 Å². The molecule has 0 amide bonds. The van der Waals surface area contributed by atoms with Gasteiger partial charge in [0.2, 0.25) is 0 Å². The Hall–Kier alpha value is -0.0400. The molecule has 0 saturated heterocycles. The van der Waals surface area contributed by atoms with E-state index in [4.69, 9.17) is 0 Å². The minimum Gasteiger partial charge on any atom is -0.390 e. The zero-order chi connectivity index (χ0) is 10.9. The fraction of sp³-hybridized carbons (Fsp3) is 1.00. The first-order chi connectivity index (χ1) is 7.09. The Kier molecular flexibility index (Phi) is 3.39. The van der Waals surface area contributed by atoms with E-state index in [-0.39, 0.29) is 5.60 Å². The minimum atomic E-state index is -0.296. The molecule has 0 aromatic carbocycles. The third kappa shape index (κ3) is 3.21. The van der Waals surface area contributed by atoms with Crippen molar-refractivity contribution in [3.8, 4) is 0 Å². The van der Waals surface area contributed by atoms with Gasteiger partial charge in [-0.15, -0.1) is 0 Å². The summed E-state index contributed by atoms with van der Waals surface area (Å²) in [6.07, 6.45) is 9.90. The summed E-state index contributed by atoms with van der Waals surface area (Å²) in [5, 5.41) is 10.6. The van der Waals surface area contributed by atoms with Gasteiger partial charge in [0.25, 0.3) is 0 Å².